The van der Waals surface area contributed by atoms with Crippen LogP contribution in [0.3, 0.4) is 0 Å². The number of rotatable bonds is 4. The molecule has 1 N–H and O–H groups in total. The molecule has 1 fully saturated rings. The first kappa shape index (κ1) is 18.2. The van der Waals surface area contributed by atoms with Crippen LogP contribution in [0.1, 0.15) is 26.5 Å². The lowest BCUT2D eigenvalue weighted by Crippen LogP contribution is -2.47. The number of hydrogen-bond acceptors (Lipinski definition) is 6. The minimum Gasteiger partial charge on any atom is -0.454 e. The maximum atomic E-state index is 12.7. The summed E-state index contributed by atoms with van der Waals surface area (Å²) >= 11 is 0. The van der Waals surface area contributed by atoms with Crippen molar-refractivity contribution in [1.82, 2.24) is 20.1 Å². The Kier molecular flexibility index (Phi) is 5.12. The molecular formula is C20H22N4O4. The standard InChI is InChI=1S/C20H22N4O4/c1-23-7-9-24(10-8-23)20(26)16-4-2-3-15(22-16)19(25)21-12-14-5-6-17-18(11-14)28-13-27-17/h2-6,11H,7-10,12-13H2,1H3,(H,21,25). The molecule has 2 aromatic rings. The molecule has 2 aliphatic heterocycles. The highest BCUT2D eigenvalue weighted by molar-refractivity contribution is 5.96. The smallest absolute Gasteiger partial charge is 0.272 e. The Balaban J connectivity index is 1.39. The summed E-state index contributed by atoms with van der Waals surface area (Å²) in [6, 6.07) is 10.5. The van der Waals surface area contributed by atoms with Crippen molar-refractivity contribution in [2.45, 2.75) is 6.54 Å². The molecule has 2 amide bonds. The van der Waals surface area contributed by atoms with E-state index < -0.39 is 0 Å². The summed E-state index contributed by atoms with van der Waals surface area (Å²) < 4.78 is 10.6. The summed E-state index contributed by atoms with van der Waals surface area (Å²) in [4.78, 5) is 33.4. The lowest BCUT2D eigenvalue weighted by molar-refractivity contribution is 0.0658. The summed E-state index contributed by atoms with van der Waals surface area (Å²) in [7, 11) is 2.03. The van der Waals surface area contributed by atoms with Gasteiger partial charge in [-0.1, -0.05) is 12.1 Å². The van der Waals surface area contributed by atoms with Gasteiger partial charge in [0.15, 0.2) is 11.5 Å². The molecule has 0 aliphatic carbocycles. The van der Waals surface area contributed by atoms with E-state index in [9.17, 15) is 9.59 Å². The number of likely N-dealkylation sites (N-methyl/N-ethyl adjacent to an activating group) is 1. The first-order valence-corrected chi connectivity index (χ1v) is 9.22. The number of pyridine rings is 1. The van der Waals surface area contributed by atoms with Crippen LogP contribution in [-0.2, 0) is 6.54 Å². The first-order chi connectivity index (χ1) is 13.6. The number of aromatic nitrogens is 1. The van der Waals surface area contributed by atoms with Gasteiger partial charge in [0.2, 0.25) is 6.79 Å². The van der Waals surface area contributed by atoms with Gasteiger partial charge in [-0.25, -0.2) is 4.98 Å². The molecule has 0 atom stereocenters. The number of benzene rings is 1. The van der Waals surface area contributed by atoms with Crippen LogP contribution < -0.4 is 14.8 Å². The second-order valence-corrected chi connectivity index (χ2v) is 6.87. The second-order valence-electron chi connectivity index (χ2n) is 6.87. The van der Waals surface area contributed by atoms with Crippen LogP contribution in [0.25, 0.3) is 0 Å². The number of amides is 2. The molecule has 8 nitrogen and oxygen atoms in total. The normalized spacial score (nSPS) is 16.1. The van der Waals surface area contributed by atoms with E-state index in [-0.39, 0.29) is 24.3 Å². The monoisotopic (exact) mass is 382 g/mol. The first-order valence-electron chi connectivity index (χ1n) is 9.22. The SMILES string of the molecule is CN1CCN(C(=O)c2cccc(C(=O)NCc3ccc4c(c3)OCO4)n2)CC1. The van der Waals surface area contributed by atoms with Crippen molar-refractivity contribution < 1.29 is 19.1 Å². The molecule has 1 aromatic carbocycles. The number of fused-ring (bicyclic) bond motifs is 1. The molecular weight excluding hydrogens is 360 g/mol. The molecule has 4 rings (SSSR count). The van der Waals surface area contributed by atoms with Gasteiger partial charge in [0.05, 0.1) is 0 Å². The number of hydrogen-bond donors (Lipinski definition) is 1. The van der Waals surface area contributed by atoms with Crippen molar-refractivity contribution in [2.75, 3.05) is 40.0 Å². The third-order valence-corrected chi connectivity index (χ3v) is 4.88. The predicted octanol–water partition coefficient (Wildman–Crippen LogP) is 1.13. The van der Waals surface area contributed by atoms with Crippen molar-refractivity contribution in [3.8, 4) is 11.5 Å². The lowest BCUT2D eigenvalue weighted by Gasteiger charge is -2.32. The molecule has 146 valence electrons. The second kappa shape index (κ2) is 7.85. The number of nitrogens with zero attached hydrogens (tertiary/aromatic N) is 3. The molecule has 0 saturated carbocycles. The molecule has 0 radical (unpaired) electrons. The minimum absolute atomic E-state index is 0.140. The molecule has 0 unspecified atom stereocenters. The summed E-state index contributed by atoms with van der Waals surface area (Å²) in [6.45, 7) is 3.54. The average Bonchev–Trinajstić information content (AvgIpc) is 3.20. The quantitative estimate of drug-likeness (QED) is 0.853. The molecule has 0 spiro atoms. The summed E-state index contributed by atoms with van der Waals surface area (Å²) in [5.74, 6) is 0.903. The van der Waals surface area contributed by atoms with Gasteiger partial charge < -0.3 is 24.6 Å². The van der Waals surface area contributed by atoms with Gasteiger partial charge in [0.1, 0.15) is 11.4 Å². The fourth-order valence-electron chi connectivity index (χ4n) is 3.18. The maximum Gasteiger partial charge on any atom is 0.272 e. The highest BCUT2D eigenvalue weighted by atomic mass is 16.7. The largest absolute Gasteiger partial charge is 0.454 e. The van der Waals surface area contributed by atoms with Crippen LogP contribution in [0.4, 0.5) is 0 Å². The van der Waals surface area contributed by atoms with E-state index in [0.29, 0.717) is 36.8 Å². The van der Waals surface area contributed by atoms with E-state index >= 15 is 0 Å². The summed E-state index contributed by atoms with van der Waals surface area (Å²) in [5, 5.41) is 2.83. The van der Waals surface area contributed by atoms with Crippen molar-refractivity contribution >= 4 is 11.8 Å². The number of ether oxygens (including phenoxy) is 2. The number of carbonyl (C=O) groups is 2. The Bertz CT molecular complexity index is 894. The average molecular weight is 382 g/mol. The van der Waals surface area contributed by atoms with Crippen molar-refractivity contribution in [3.63, 3.8) is 0 Å². The van der Waals surface area contributed by atoms with E-state index in [1.54, 1.807) is 23.1 Å². The highest BCUT2D eigenvalue weighted by Crippen LogP contribution is 2.32. The zero-order valence-electron chi connectivity index (χ0n) is 15.7. The predicted molar refractivity (Wildman–Crippen MR) is 101 cm³/mol. The van der Waals surface area contributed by atoms with E-state index in [4.69, 9.17) is 9.47 Å². The Morgan fingerprint density at radius 3 is 2.61 bits per heavy atom. The number of carbonyl (C=O) groups excluding carboxylic acids is 2. The Morgan fingerprint density at radius 2 is 1.79 bits per heavy atom. The fraction of sp³-hybridized carbons (Fsp3) is 0.350. The molecule has 0 bridgehead atoms. The zero-order valence-corrected chi connectivity index (χ0v) is 15.7. The molecule has 1 aromatic heterocycles. The number of piperazine rings is 1. The van der Waals surface area contributed by atoms with Crippen molar-refractivity contribution in [3.05, 3.63) is 53.3 Å². The number of nitrogens with one attached hydrogen (secondary N) is 1. The van der Waals surface area contributed by atoms with E-state index in [0.717, 1.165) is 18.7 Å². The van der Waals surface area contributed by atoms with Gasteiger partial charge in [0, 0.05) is 32.7 Å². The minimum atomic E-state index is -0.328. The van der Waals surface area contributed by atoms with Gasteiger partial charge in [-0.15, -0.1) is 0 Å². The Labute approximate surface area is 163 Å². The molecule has 8 heteroatoms. The van der Waals surface area contributed by atoms with E-state index in [1.165, 1.54) is 0 Å². The van der Waals surface area contributed by atoms with Gasteiger partial charge in [-0.3, -0.25) is 9.59 Å². The van der Waals surface area contributed by atoms with Gasteiger partial charge >= 0.3 is 0 Å². The maximum absolute atomic E-state index is 12.7. The topological polar surface area (TPSA) is 84.0 Å². The van der Waals surface area contributed by atoms with Crippen LogP contribution in [-0.4, -0.2) is 66.6 Å². The summed E-state index contributed by atoms with van der Waals surface area (Å²) in [6.07, 6.45) is 0. The van der Waals surface area contributed by atoms with Crippen LogP contribution in [0, 0.1) is 0 Å². The van der Waals surface area contributed by atoms with E-state index in [2.05, 4.69) is 15.2 Å². The van der Waals surface area contributed by atoms with Crippen LogP contribution in [0.2, 0.25) is 0 Å². The van der Waals surface area contributed by atoms with Gasteiger partial charge in [-0.05, 0) is 36.9 Å². The lowest BCUT2D eigenvalue weighted by atomic mass is 10.2. The van der Waals surface area contributed by atoms with E-state index in [1.807, 2.05) is 25.2 Å². The van der Waals surface area contributed by atoms with Gasteiger partial charge in [0.25, 0.3) is 11.8 Å². The molecule has 1 saturated heterocycles. The van der Waals surface area contributed by atoms with Crippen molar-refractivity contribution in [2.24, 2.45) is 0 Å². The zero-order chi connectivity index (χ0) is 19.5. The van der Waals surface area contributed by atoms with Crippen LogP contribution in [0.15, 0.2) is 36.4 Å². The Hall–Kier alpha value is -3.13. The molecule has 28 heavy (non-hydrogen) atoms. The third-order valence-electron chi connectivity index (χ3n) is 4.88. The van der Waals surface area contributed by atoms with Crippen LogP contribution in [0.5, 0.6) is 11.5 Å². The third kappa shape index (κ3) is 3.91. The van der Waals surface area contributed by atoms with Gasteiger partial charge in [-0.2, -0.15) is 0 Å². The van der Waals surface area contributed by atoms with Crippen LogP contribution >= 0.6 is 0 Å². The molecule has 2 aliphatic rings. The van der Waals surface area contributed by atoms with Crippen molar-refractivity contribution in [1.29, 1.82) is 0 Å². The molecule has 3 heterocycles. The highest BCUT2D eigenvalue weighted by Gasteiger charge is 2.22. The fourth-order valence-corrected chi connectivity index (χ4v) is 3.18. The summed E-state index contributed by atoms with van der Waals surface area (Å²) in [5.41, 5.74) is 1.41. The Morgan fingerprint density at radius 1 is 1.04 bits per heavy atom.